The quantitative estimate of drug-likeness (QED) is 0.612. The molecule has 0 saturated carbocycles. The molecular formula is C21H21F6NO. The Labute approximate surface area is 164 Å². The fourth-order valence-electron chi connectivity index (χ4n) is 3.45. The molecule has 0 bridgehead atoms. The van der Waals surface area contributed by atoms with Crippen LogP contribution < -0.4 is 5.32 Å². The average molecular weight is 417 g/mol. The zero-order valence-electron chi connectivity index (χ0n) is 15.7. The van der Waals surface area contributed by atoms with Gasteiger partial charge in [0.15, 0.2) is 0 Å². The Kier molecular flexibility index (Phi) is 6.24. The smallest absolute Gasteiger partial charge is 0.372 e. The molecule has 1 fully saturated rings. The molecule has 29 heavy (non-hydrogen) atoms. The molecule has 0 aromatic heterocycles. The van der Waals surface area contributed by atoms with Crippen molar-refractivity contribution in [2.45, 2.75) is 50.9 Å². The summed E-state index contributed by atoms with van der Waals surface area (Å²) in [6.07, 6.45) is -8.62. The number of hydrogen-bond donors (Lipinski definition) is 1. The summed E-state index contributed by atoms with van der Waals surface area (Å²) in [5.41, 5.74) is -0.753. The minimum atomic E-state index is -4.87. The van der Waals surface area contributed by atoms with Crippen molar-refractivity contribution in [2.24, 2.45) is 0 Å². The molecular weight excluding hydrogens is 396 g/mol. The van der Waals surface area contributed by atoms with Crippen molar-refractivity contribution in [2.75, 3.05) is 6.54 Å². The second-order valence-electron chi connectivity index (χ2n) is 7.25. The van der Waals surface area contributed by atoms with Gasteiger partial charge in [-0.15, -0.1) is 0 Å². The number of benzene rings is 2. The van der Waals surface area contributed by atoms with Gasteiger partial charge in [0.25, 0.3) is 0 Å². The minimum absolute atomic E-state index is 0.126. The van der Waals surface area contributed by atoms with E-state index in [9.17, 15) is 26.3 Å². The maximum absolute atomic E-state index is 13.0. The zero-order chi connectivity index (χ0) is 21.2. The molecule has 8 heteroatoms. The third-order valence-electron chi connectivity index (χ3n) is 4.95. The summed E-state index contributed by atoms with van der Waals surface area (Å²) < 4.78 is 84.0. The molecule has 2 aromatic carbocycles. The molecule has 1 N–H and O–H groups in total. The molecule has 158 valence electrons. The predicted octanol–water partition coefficient (Wildman–Crippen LogP) is 6.04. The number of rotatable bonds is 4. The van der Waals surface area contributed by atoms with Crippen molar-refractivity contribution in [3.05, 3.63) is 70.3 Å². The molecule has 0 spiro atoms. The largest absolute Gasteiger partial charge is 0.416 e. The van der Waals surface area contributed by atoms with Crippen LogP contribution in [0.25, 0.3) is 0 Å². The lowest BCUT2D eigenvalue weighted by atomic mass is 9.94. The maximum atomic E-state index is 13.0. The van der Waals surface area contributed by atoms with Crippen LogP contribution in [0.5, 0.6) is 0 Å². The normalized spacial score (nSPS) is 20.7. The molecule has 0 radical (unpaired) electrons. The van der Waals surface area contributed by atoms with E-state index in [1.165, 1.54) is 0 Å². The van der Waals surface area contributed by atoms with E-state index in [4.69, 9.17) is 4.74 Å². The summed E-state index contributed by atoms with van der Waals surface area (Å²) in [6.45, 7) is 2.39. The molecule has 3 rings (SSSR count). The first kappa shape index (κ1) is 21.6. The molecule has 2 atom stereocenters. The Morgan fingerprint density at radius 1 is 0.931 bits per heavy atom. The van der Waals surface area contributed by atoms with E-state index in [1.54, 1.807) is 0 Å². The monoisotopic (exact) mass is 417 g/mol. The second-order valence-corrected chi connectivity index (χ2v) is 7.25. The number of nitrogens with one attached hydrogen (secondary N) is 1. The Morgan fingerprint density at radius 3 is 2.07 bits per heavy atom. The van der Waals surface area contributed by atoms with Crippen molar-refractivity contribution in [3.63, 3.8) is 0 Å². The molecule has 0 aliphatic carbocycles. The summed E-state index contributed by atoms with van der Waals surface area (Å²) in [6, 6.07) is 9.18. The Hall–Kier alpha value is -2.06. The highest BCUT2D eigenvalue weighted by Crippen LogP contribution is 2.37. The number of piperidine rings is 1. The van der Waals surface area contributed by atoms with E-state index in [0.29, 0.717) is 18.6 Å². The molecule has 1 heterocycles. The molecule has 1 aliphatic rings. The van der Waals surface area contributed by atoms with Gasteiger partial charge in [-0.05, 0) is 55.6 Å². The van der Waals surface area contributed by atoms with E-state index in [0.717, 1.165) is 24.1 Å². The van der Waals surface area contributed by atoms with Crippen molar-refractivity contribution < 1.29 is 31.1 Å². The number of halogens is 6. The van der Waals surface area contributed by atoms with Gasteiger partial charge < -0.3 is 10.1 Å². The third kappa shape index (κ3) is 5.51. The lowest BCUT2D eigenvalue weighted by Gasteiger charge is -2.33. The number of alkyl halides is 6. The predicted molar refractivity (Wildman–Crippen MR) is 96.2 cm³/mol. The summed E-state index contributed by atoms with van der Waals surface area (Å²) in [4.78, 5) is 0. The fraction of sp³-hybridized carbons (Fsp3) is 0.429. The van der Waals surface area contributed by atoms with Gasteiger partial charge in [-0.1, -0.05) is 29.8 Å². The highest BCUT2D eigenvalue weighted by Gasteiger charge is 2.37. The number of ether oxygens (including phenoxy) is 1. The van der Waals surface area contributed by atoms with Crippen molar-refractivity contribution in [1.82, 2.24) is 5.32 Å². The van der Waals surface area contributed by atoms with Crippen LogP contribution in [0.4, 0.5) is 26.3 Å². The van der Waals surface area contributed by atoms with Crippen molar-refractivity contribution in [3.8, 4) is 0 Å². The fourth-order valence-corrected chi connectivity index (χ4v) is 3.45. The SMILES string of the molecule is Cc1ccc(C2NCCCC2OCc2cc(C(F)(F)F)cc(C(F)(F)F)c2)cc1. The number of hydrogen-bond acceptors (Lipinski definition) is 2. The molecule has 2 unspecified atom stereocenters. The minimum Gasteiger partial charge on any atom is -0.372 e. The van der Waals surface area contributed by atoms with Crippen LogP contribution in [-0.2, 0) is 23.7 Å². The van der Waals surface area contributed by atoms with Gasteiger partial charge in [0.2, 0.25) is 0 Å². The zero-order valence-corrected chi connectivity index (χ0v) is 15.7. The van der Waals surface area contributed by atoms with E-state index in [2.05, 4.69) is 5.32 Å². The Bertz CT molecular complexity index is 796. The van der Waals surface area contributed by atoms with Crippen LogP contribution in [0.15, 0.2) is 42.5 Å². The van der Waals surface area contributed by atoms with Crippen LogP contribution in [0, 0.1) is 6.92 Å². The van der Waals surface area contributed by atoms with Crippen LogP contribution in [-0.4, -0.2) is 12.6 Å². The van der Waals surface area contributed by atoms with Crippen LogP contribution >= 0.6 is 0 Å². The first-order valence-corrected chi connectivity index (χ1v) is 9.24. The third-order valence-corrected chi connectivity index (χ3v) is 4.95. The Balaban J connectivity index is 1.80. The van der Waals surface area contributed by atoms with Gasteiger partial charge in [-0.25, -0.2) is 0 Å². The lowest BCUT2D eigenvalue weighted by Crippen LogP contribution is -2.39. The van der Waals surface area contributed by atoms with E-state index in [1.807, 2.05) is 31.2 Å². The highest BCUT2D eigenvalue weighted by atomic mass is 19.4. The van der Waals surface area contributed by atoms with Gasteiger partial charge >= 0.3 is 12.4 Å². The molecule has 0 amide bonds. The first-order chi connectivity index (χ1) is 13.5. The molecule has 2 aromatic rings. The summed E-state index contributed by atoms with van der Waals surface area (Å²) in [5.74, 6) is 0. The summed E-state index contributed by atoms with van der Waals surface area (Å²) in [7, 11) is 0. The summed E-state index contributed by atoms with van der Waals surface area (Å²) >= 11 is 0. The maximum Gasteiger partial charge on any atom is 0.416 e. The Morgan fingerprint density at radius 2 is 1.52 bits per heavy atom. The van der Waals surface area contributed by atoms with Crippen molar-refractivity contribution >= 4 is 0 Å². The van der Waals surface area contributed by atoms with Crippen LogP contribution in [0.1, 0.15) is 46.7 Å². The second kappa shape index (κ2) is 8.36. The number of aryl methyl sites for hydroxylation is 1. The van der Waals surface area contributed by atoms with Gasteiger partial charge in [0, 0.05) is 0 Å². The van der Waals surface area contributed by atoms with E-state index >= 15 is 0 Å². The lowest BCUT2D eigenvalue weighted by molar-refractivity contribution is -0.143. The highest BCUT2D eigenvalue weighted by molar-refractivity contribution is 5.33. The van der Waals surface area contributed by atoms with Gasteiger partial charge in [0.1, 0.15) is 0 Å². The average Bonchev–Trinajstić information content (AvgIpc) is 2.66. The van der Waals surface area contributed by atoms with Crippen molar-refractivity contribution in [1.29, 1.82) is 0 Å². The van der Waals surface area contributed by atoms with E-state index in [-0.39, 0.29) is 30.4 Å². The standard InChI is InChI=1S/C21H21F6NO/c1-13-4-6-15(7-5-13)19-18(3-2-8-28-19)29-12-14-9-16(20(22,23)24)11-17(10-14)21(25,26)27/h4-7,9-11,18-19,28H,2-3,8,12H2,1H3. The molecule has 2 nitrogen and oxygen atoms in total. The molecule has 1 saturated heterocycles. The van der Waals surface area contributed by atoms with Gasteiger partial charge in [0.05, 0.1) is 29.9 Å². The van der Waals surface area contributed by atoms with E-state index < -0.39 is 23.5 Å². The topological polar surface area (TPSA) is 21.3 Å². The molecule has 1 aliphatic heterocycles. The summed E-state index contributed by atoms with van der Waals surface area (Å²) in [5, 5.41) is 3.33. The van der Waals surface area contributed by atoms with Crippen LogP contribution in [0.2, 0.25) is 0 Å². The van der Waals surface area contributed by atoms with Gasteiger partial charge in [-0.3, -0.25) is 0 Å². The van der Waals surface area contributed by atoms with Gasteiger partial charge in [-0.2, -0.15) is 26.3 Å². The first-order valence-electron chi connectivity index (χ1n) is 9.24. The van der Waals surface area contributed by atoms with Crippen LogP contribution in [0.3, 0.4) is 0 Å².